The Morgan fingerprint density at radius 1 is 1.19 bits per heavy atom. The predicted molar refractivity (Wildman–Crippen MR) is 145 cm³/mol. The minimum Gasteiger partial charge on any atom is -0.455 e. The Kier molecular flexibility index (Phi) is 8.83. The molecule has 2 heterocycles. The average molecular weight is 490 g/mol. The molecule has 0 saturated heterocycles. The van der Waals surface area contributed by atoms with Crippen LogP contribution in [-0.2, 0) is 20.0 Å². The number of allylic oxidation sites excluding steroid dienone is 5. The monoisotopic (exact) mass is 489 g/mol. The highest BCUT2D eigenvalue weighted by atomic mass is 16.5. The average Bonchev–Trinajstić information content (AvgIpc) is 2.85. The maximum atomic E-state index is 13.7. The number of ether oxygens (including phenoxy) is 1. The topological polar surface area (TPSA) is 86.3 Å². The van der Waals surface area contributed by atoms with Gasteiger partial charge >= 0.3 is 5.69 Å². The maximum Gasteiger partial charge on any atom is 0.332 e. The molecule has 0 aliphatic heterocycles. The van der Waals surface area contributed by atoms with Crippen molar-refractivity contribution in [3.8, 4) is 11.5 Å². The minimum absolute atomic E-state index is 0.116. The van der Waals surface area contributed by atoms with E-state index in [-0.39, 0.29) is 19.1 Å². The molecule has 1 aromatic carbocycles. The van der Waals surface area contributed by atoms with Gasteiger partial charge in [-0.05, 0) is 43.4 Å². The number of hydrogen-bond donors (Lipinski definition) is 1. The SMILES string of the molecule is C=C(C)/C=C\C(=C/C)Cc1c(Oc2ccccc2C(C)C)cnc2c1c(=O)n(CCCO)c(=O)n2C. The smallest absolute Gasteiger partial charge is 0.332 e. The Bertz CT molecular complexity index is 1440. The highest BCUT2D eigenvalue weighted by Crippen LogP contribution is 2.34. The van der Waals surface area contributed by atoms with E-state index in [1.807, 2.05) is 56.3 Å². The fourth-order valence-corrected chi connectivity index (χ4v) is 4.06. The van der Waals surface area contributed by atoms with Crippen molar-refractivity contribution in [3.05, 3.63) is 98.4 Å². The summed E-state index contributed by atoms with van der Waals surface area (Å²) in [7, 11) is 1.60. The largest absolute Gasteiger partial charge is 0.455 e. The van der Waals surface area contributed by atoms with E-state index in [1.54, 1.807) is 13.2 Å². The van der Waals surface area contributed by atoms with Crippen LogP contribution in [-0.4, -0.2) is 25.8 Å². The van der Waals surface area contributed by atoms with Gasteiger partial charge in [0.2, 0.25) is 0 Å². The second-order valence-electron chi connectivity index (χ2n) is 9.19. The van der Waals surface area contributed by atoms with Gasteiger partial charge in [-0.25, -0.2) is 9.78 Å². The molecule has 0 unspecified atom stereocenters. The lowest BCUT2D eigenvalue weighted by Gasteiger charge is -2.18. The molecule has 0 atom stereocenters. The third kappa shape index (κ3) is 5.74. The maximum absolute atomic E-state index is 13.7. The molecular formula is C29H35N3O4. The number of benzene rings is 1. The highest BCUT2D eigenvalue weighted by molar-refractivity contribution is 5.81. The van der Waals surface area contributed by atoms with Crippen LogP contribution in [0.2, 0.25) is 0 Å². The van der Waals surface area contributed by atoms with E-state index in [0.29, 0.717) is 40.9 Å². The van der Waals surface area contributed by atoms with Gasteiger partial charge in [0, 0.05) is 32.2 Å². The van der Waals surface area contributed by atoms with Crippen molar-refractivity contribution < 1.29 is 9.84 Å². The third-order valence-electron chi connectivity index (χ3n) is 6.06. The van der Waals surface area contributed by atoms with Crippen LogP contribution in [0.5, 0.6) is 11.5 Å². The lowest BCUT2D eigenvalue weighted by atomic mass is 10.00. The molecule has 0 aliphatic rings. The number of nitrogens with zero attached hydrogens (tertiary/aromatic N) is 3. The van der Waals surface area contributed by atoms with Gasteiger partial charge in [0.25, 0.3) is 5.56 Å². The Morgan fingerprint density at radius 3 is 2.56 bits per heavy atom. The number of aliphatic hydroxyl groups excluding tert-OH is 1. The lowest BCUT2D eigenvalue weighted by molar-refractivity contribution is 0.277. The molecule has 0 spiro atoms. The van der Waals surface area contributed by atoms with E-state index < -0.39 is 11.2 Å². The van der Waals surface area contributed by atoms with E-state index in [1.165, 1.54) is 4.57 Å². The second kappa shape index (κ2) is 11.8. The van der Waals surface area contributed by atoms with E-state index >= 15 is 0 Å². The number of fused-ring (bicyclic) bond motifs is 1. The van der Waals surface area contributed by atoms with Gasteiger partial charge in [-0.15, -0.1) is 0 Å². The molecule has 0 saturated carbocycles. The van der Waals surface area contributed by atoms with Crippen LogP contribution in [0.15, 0.2) is 76.0 Å². The van der Waals surface area contributed by atoms with Crippen LogP contribution in [0.25, 0.3) is 11.0 Å². The molecule has 190 valence electrons. The van der Waals surface area contributed by atoms with Gasteiger partial charge in [0.1, 0.15) is 17.1 Å². The first-order chi connectivity index (χ1) is 17.2. The van der Waals surface area contributed by atoms with Crippen molar-refractivity contribution in [3.63, 3.8) is 0 Å². The lowest BCUT2D eigenvalue weighted by Crippen LogP contribution is -2.40. The molecule has 0 amide bonds. The van der Waals surface area contributed by atoms with Crippen LogP contribution >= 0.6 is 0 Å². The summed E-state index contributed by atoms with van der Waals surface area (Å²) in [6.07, 6.45) is 8.13. The zero-order valence-corrected chi connectivity index (χ0v) is 21.7. The van der Waals surface area contributed by atoms with Crippen molar-refractivity contribution in [1.82, 2.24) is 14.1 Å². The van der Waals surface area contributed by atoms with E-state index in [9.17, 15) is 14.7 Å². The first-order valence-electron chi connectivity index (χ1n) is 12.2. The number of hydrogen-bond acceptors (Lipinski definition) is 5. The summed E-state index contributed by atoms with van der Waals surface area (Å²) in [4.78, 5) is 31.1. The first-order valence-corrected chi connectivity index (χ1v) is 12.2. The number of rotatable bonds is 10. The molecule has 7 nitrogen and oxygen atoms in total. The van der Waals surface area contributed by atoms with Gasteiger partial charge in [-0.3, -0.25) is 13.9 Å². The van der Waals surface area contributed by atoms with E-state index in [0.717, 1.165) is 21.3 Å². The van der Waals surface area contributed by atoms with Crippen molar-refractivity contribution in [2.75, 3.05) is 6.61 Å². The quantitative estimate of drug-likeness (QED) is 0.405. The number of pyridine rings is 1. The van der Waals surface area contributed by atoms with Gasteiger partial charge in [0.15, 0.2) is 0 Å². The van der Waals surface area contributed by atoms with Gasteiger partial charge in [-0.2, -0.15) is 0 Å². The Balaban J connectivity index is 2.32. The van der Waals surface area contributed by atoms with Gasteiger partial charge < -0.3 is 9.84 Å². The third-order valence-corrected chi connectivity index (χ3v) is 6.06. The van der Waals surface area contributed by atoms with Crippen molar-refractivity contribution in [2.24, 2.45) is 7.05 Å². The van der Waals surface area contributed by atoms with Crippen LogP contribution in [0, 0.1) is 0 Å². The number of aliphatic hydroxyl groups is 1. The fraction of sp³-hybridized carbons (Fsp3) is 0.345. The minimum atomic E-state index is -0.466. The normalized spacial score (nSPS) is 12.1. The molecule has 3 rings (SSSR count). The summed E-state index contributed by atoms with van der Waals surface area (Å²) < 4.78 is 8.96. The highest BCUT2D eigenvalue weighted by Gasteiger charge is 2.21. The van der Waals surface area contributed by atoms with E-state index in [4.69, 9.17) is 4.74 Å². The zero-order valence-electron chi connectivity index (χ0n) is 21.7. The van der Waals surface area contributed by atoms with Gasteiger partial charge in [-0.1, -0.05) is 62.4 Å². The molecule has 0 aliphatic carbocycles. The molecule has 2 aromatic heterocycles. The van der Waals surface area contributed by atoms with Crippen LogP contribution in [0.3, 0.4) is 0 Å². The summed E-state index contributed by atoms with van der Waals surface area (Å²) >= 11 is 0. The molecule has 3 aromatic rings. The molecule has 0 fully saturated rings. The summed E-state index contributed by atoms with van der Waals surface area (Å²) in [6, 6.07) is 7.80. The Morgan fingerprint density at radius 2 is 1.92 bits per heavy atom. The number of aryl methyl sites for hydroxylation is 1. The first kappa shape index (κ1) is 26.9. The van der Waals surface area contributed by atoms with Crippen molar-refractivity contribution in [2.45, 2.75) is 53.0 Å². The molecule has 36 heavy (non-hydrogen) atoms. The van der Waals surface area contributed by atoms with Crippen LogP contribution in [0.1, 0.15) is 51.2 Å². The summed E-state index contributed by atoms with van der Waals surface area (Å²) in [6.45, 7) is 12.0. The zero-order chi connectivity index (χ0) is 26.4. The van der Waals surface area contributed by atoms with E-state index in [2.05, 4.69) is 25.4 Å². The molecule has 1 N–H and O–H groups in total. The Hall–Kier alpha value is -3.71. The van der Waals surface area contributed by atoms with Crippen LogP contribution in [0.4, 0.5) is 0 Å². The molecule has 7 heteroatoms. The van der Waals surface area contributed by atoms with Crippen LogP contribution < -0.4 is 16.0 Å². The molecule has 0 radical (unpaired) electrons. The molecule has 0 bridgehead atoms. The fourth-order valence-electron chi connectivity index (χ4n) is 4.06. The number of aromatic nitrogens is 3. The molecular weight excluding hydrogens is 454 g/mol. The summed E-state index contributed by atoms with van der Waals surface area (Å²) in [5.74, 6) is 1.39. The number of para-hydroxylation sites is 1. The predicted octanol–water partition coefficient (Wildman–Crippen LogP) is 5.01. The summed E-state index contributed by atoms with van der Waals surface area (Å²) in [5, 5.41) is 9.63. The summed E-state index contributed by atoms with van der Waals surface area (Å²) in [5.41, 5.74) is 2.95. The standard InChI is InChI=1S/C29H35N3O4/c1-7-21(14-13-19(2)3)17-23-25(36-24-12-9-8-11-22(24)20(4)5)18-30-27-26(23)28(34)32(15-10-16-33)29(35)31(27)6/h7-9,11-14,18,20,33H,2,10,15-17H2,1,3-6H3/b14-13-,21-7+. The van der Waals surface area contributed by atoms with Crippen molar-refractivity contribution in [1.29, 1.82) is 0 Å². The second-order valence-corrected chi connectivity index (χ2v) is 9.19. The van der Waals surface area contributed by atoms with Gasteiger partial charge in [0.05, 0.1) is 11.6 Å². The van der Waals surface area contributed by atoms with Crippen molar-refractivity contribution >= 4 is 11.0 Å². The Labute approximate surface area is 211 Å².